The predicted molar refractivity (Wildman–Crippen MR) is 79.4 cm³/mol. The predicted octanol–water partition coefficient (Wildman–Crippen LogP) is 4.36. The molecule has 1 aliphatic heterocycles. The summed E-state index contributed by atoms with van der Waals surface area (Å²) >= 11 is 2.02. The lowest BCUT2D eigenvalue weighted by molar-refractivity contribution is 0.0958. The highest BCUT2D eigenvalue weighted by molar-refractivity contribution is 7.99. The number of carbonyl (C=O) groups excluding carboxylic acids is 1. The van der Waals surface area contributed by atoms with E-state index in [1.54, 1.807) is 0 Å². The van der Waals surface area contributed by atoms with E-state index in [1.165, 1.54) is 29.9 Å². The fraction of sp³-hybridized carbons (Fsp3) is 0.562. The van der Waals surface area contributed by atoms with Crippen LogP contribution in [0.5, 0.6) is 0 Å². The van der Waals surface area contributed by atoms with Crippen molar-refractivity contribution in [3.8, 4) is 0 Å². The van der Waals surface area contributed by atoms with Gasteiger partial charge in [-0.15, -0.1) is 0 Å². The van der Waals surface area contributed by atoms with Gasteiger partial charge in [0.25, 0.3) is 0 Å². The largest absolute Gasteiger partial charge is 0.294 e. The van der Waals surface area contributed by atoms with E-state index in [0.29, 0.717) is 11.7 Å². The lowest BCUT2D eigenvalue weighted by atomic mass is 9.93. The van der Waals surface area contributed by atoms with E-state index in [1.807, 2.05) is 23.9 Å². The van der Waals surface area contributed by atoms with Crippen molar-refractivity contribution in [2.75, 3.05) is 11.5 Å². The minimum atomic E-state index is 0.329. The van der Waals surface area contributed by atoms with Gasteiger partial charge in [-0.05, 0) is 42.2 Å². The van der Waals surface area contributed by atoms with Gasteiger partial charge in [0, 0.05) is 12.0 Å². The quantitative estimate of drug-likeness (QED) is 0.734. The Hall–Kier alpha value is -0.760. The molecule has 0 amide bonds. The van der Waals surface area contributed by atoms with Gasteiger partial charge in [0.15, 0.2) is 5.78 Å². The molecule has 0 bridgehead atoms. The third kappa shape index (κ3) is 3.88. The molecule has 1 aliphatic rings. The zero-order chi connectivity index (χ0) is 12.8. The van der Waals surface area contributed by atoms with Gasteiger partial charge in [-0.2, -0.15) is 11.8 Å². The third-order valence-electron chi connectivity index (χ3n) is 3.63. The second-order valence-electron chi connectivity index (χ2n) is 5.13. The maximum atomic E-state index is 12.2. The Balaban J connectivity index is 1.91. The molecule has 1 aromatic carbocycles. The van der Waals surface area contributed by atoms with Crippen molar-refractivity contribution in [2.45, 2.75) is 39.0 Å². The third-order valence-corrected chi connectivity index (χ3v) is 4.68. The Morgan fingerprint density at radius 2 is 1.89 bits per heavy atom. The van der Waals surface area contributed by atoms with E-state index in [9.17, 15) is 4.79 Å². The summed E-state index contributed by atoms with van der Waals surface area (Å²) in [6.07, 6.45) is 5.43. The zero-order valence-electron chi connectivity index (χ0n) is 11.2. The zero-order valence-corrected chi connectivity index (χ0v) is 12.0. The second kappa shape index (κ2) is 6.98. The Morgan fingerprint density at radius 3 is 2.50 bits per heavy atom. The SMILES string of the molecule is CCCc1ccc(C(=O)CC2CCSCC2)cc1. The van der Waals surface area contributed by atoms with Crippen LogP contribution in [-0.2, 0) is 6.42 Å². The van der Waals surface area contributed by atoms with Gasteiger partial charge in [0.05, 0.1) is 0 Å². The fourth-order valence-electron chi connectivity index (χ4n) is 2.48. The second-order valence-corrected chi connectivity index (χ2v) is 6.35. The number of Topliss-reactive ketones (excluding diaryl/α,β-unsaturated/α-hetero) is 1. The van der Waals surface area contributed by atoms with Crippen LogP contribution in [0.15, 0.2) is 24.3 Å². The number of hydrogen-bond acceptors (Lipinski definition) is 2. The molecule has 98 valence electrons. The van der Waals surface area contributed by atoms with E-state index in [-0.39, 0.29) is 0 Å². The number of benzene rings is 1. The van der Waals surface area contributed by atoms with Gasteiger partial charge in [0.2, 0.25) is 0 Å². The smallest absolute Gasteiger partial charge is 0.163 e. The fourth-order valence-corrected chi connectivity index (χ4v) is 3.68. The first-order valence-electron chi connectivity index (χ1n) is 6.99. The van der Waals surface area contributed by atoms with Gasteiger partial charge in [-0.3, -0.25) is 4.79 Å². The van der Waals surface area contributed by atoms with E-state index in [4.69, 9.17) is 0 Å². The highest BCUT2D eigenvalue weighted by Crippen LogP contribution is 2.26. The van der Waals surface area contributed by atoms with E-state index in [0.717, 1.165) is 24.8 Å². The van der Waals surface area contributed by atoms with Crippen molar-refractivity contribution in [3.05, 3.63) is 35.4 Å². The molecule has 0 N–H and O–H groups in total. The molecule has 1 nitrogen and oxygen atoms in total. The highest BCUT2D eigenvalue weighted by atomic mass is 32.2. The van der Waals surface area contributed by atoms with Crippen LogP contribution in [0.1, 0.15) is 48.5 Å². The molecule has 1 heterocycles. The van der Waals surface area contributed by atoms with Crippen LogP contribution in [0.3, 0.4) is 0 Å². The molecule has 0 aliphatic carbocycles. The molecule has 2 rings (SSSR count). The minimum absolute atomic E-state index is 0.329. The van der Waals surface area contributed by atoms with Crippen molar-refractivity contribution >= 4 is 17.5 Å². The summed E-state index contributed by atoms with van der Waals surface area (Å²) in [7, 11) is 0. The molecule has 18 heavy (non-hydrogen) atoms. The summed E-state index contributed by atoms with van der Waals surface area (Å²) in [5.41, 5.74) is 2.23. The van der Waals surface area contributed by atoms with Gasteiger partial charge < -0.3 is 0 Å². The van der Waals surface area contributed by atoms with Crippen molar-refractivity contribution in [1.82, 2.24) is 0 Å². The molecule has 1 saturated heterocycles. The first-order chi connectivity index (χ1) is 8.79. The average molecular weight is 262 g/mol. The average Bonchev–Trinajstić information content (AvgIpc) is 2.41. The summed E-state index contributed by atoms with van der Waals surface area (Å²) in [6.45, 7) is 2.18. The van der Waals surface area contributed by atoms with Crippen LogP contribution >= 0.6 is 11.8 Å². The van der Waals surface area contributed by atoms with Gasteiger partial charge >= 0.3 is 0 Å². The molecule has 0 atom stereocenters. The highest BCUT2D eigenvalue weighted by Gasteiger charge is 2.18. The number of ketones is 1. The Bertz CT molecular complexity index is 377. The molecule has 1 fully saturated rings. The number of hydrogen-bond donors (Lipinski definition) is 0. The first-order valence-corrected chi connectivity index (χ1v) is 8.15. The molecule has 0 saturated carbocycles. The Morgan fingerprint density at radius 1 is 1.22 bits per heavy atom. The lowest BCUT2D eigenvalue weighted by Crippen LogP contribution is -2.14. The molecular weight excluding hydrogens is 240 g/mol. The van der Waals surface area contributed by atoms with Crippen molar-refractivity contribution in [3.63, 3.8) is 0 Å². The summed E-state index contributed by atoms with van der Waals surface area (Å²) in [5, 5.41) is 0. The normalized spacial score (nSPS) is 16.7. The van der Waals surface area contributed by atoms with Gasteiger partial charge in [-0.25, -0.2) is 0 Å². The maximum Gasteiger partial charge on any atom is 0.163 e. The molecule has 1 aromatic rings. The van der Waals surface area contributed by atoms with Crippen LogP contribution in [0.4, 0.5) is 0 Å². The molecular formula is C16H22OS. The van der Waals surface area contributed by atoms with Crippen LogP contribution in [0.25, 0.3) is 0 Å². The van der Waals surface area contributed by atoms with Crippen molar-refractivity contribution in [1.29, 1.82) is 0 Å². The van der Waals surface area contributed by atoms with E-state index < -0.39 is 0 Å². The Kier molecular flexibility index (Phi) is 5.30. The van der Waals surface area contributed by atoms with Gasteiger partial charge in [-0.1, -0.05) is 37.6 Å². The van der Waals surface area contributed by atoms with E-state index >= 15 is 0 Å². The molecule has 0 spiro atoms. The Labute approximate surface area is 114 Å². The van der Waals surface area contributed by atoms with Gasteiger partial charge in [0.1, 0.15) is 0 Å². The van der Waals surface area contributed by atoms with E-state index in [2.05, 4.69) is 19.1 Å². The van der Waals surface area contributed by atoms with Crippen molar-refractivity contribution in [2.24, 2.45) is 5.92 Å². The summed E-state index contributed by atoms with van der Waals surface area (Å²) in [4.78, 5) is 12.2. The minimum Gasteiger partial charge on any atom is -0.294 e. The number of aryl methyl sites for hydroxylation is 1. The molecule has 0 aromatic heterocycles. The lowest BCUT2D eigenvalue weighted by Gasteiger charge is -2.20. The number of thioether (sulfide) groups is 1. The number of carbonyl (C=O) groups is 1. The van der Waals surface area contributed by atoms with Crippen LogP contribution in [0.2, 0.25) is 0 Å². The first kappa shape index (κ1) is 13.7. The van der Waals surface area contributed by atoms with Crippen molar-refractivity contribution < 1.29 is 4.79 Å². The summed E-state index contributed by atoms with van der Waals surface area (Å²) < 4.78 is 0. The van der Waals surface area contributed by atoms with Crippen LogP contribution in [-0.4, -0.2) is 17.3 Å². The van der Waals surface area contributed by atoms with Crippen LogP contribution < -0.4 is 0 Å². The topological polar surface area (TPSA) is 17.1 Å². The van der Waals surface area contributed by atoms with Crippen LogP contribution in [0, 0.1) is 5.92 Å². The summed E-state index contributed by atoms with van der Waals surface area (Å²) in [5.74, 6) is 3.41. The maximum absolute atomic E-state index is 12.2. The summed E-state index contributed by atoms with van der Waals surface area (Å²) in [6, 6.07) is 8.22. The standard InChI is InChI=1S/C16H22OS/c1-2-3-13-4-6-15(7-5-13)16(17)12-14-8-10-18-11-9-14/h4-7,14H,2-3,8-12H2,1H3. The number of rotatable bonds is 5. The monoisotopic (exact) mass is 262 g/mol. The molecule has 0 radical (unpaired) electrons. The molecule has 2 heteroatoms. The molecule has 0 unspecified atom stereocenters.